The molecular formula is C8H17NO3S. The average Bonchev–Trinajstić information content (AvgIpc) is 1.81. The summed E-state index contributed by atoms with van der Waals surface area (Å²) in [4.78, 5) is 0. The van der Waals surface area contributed by atoms with Crippen LogP contribution in [0.4, 0.5) is 0 Å². The lowest BCUT2D eigenvalue weighted by Crippen LogP contribution is -2.45. The lowest BCUT2D eigenvalue weighted by atomic mass is 10.0. The monoisotopic (exact) mass is 207 g/mol. The molecule has 0 unspecified atom stereocenters. The molecule has 0 amide bonds. The van der Waals surface area contributed by atoms with E-state index in [1.54, 1.807) is 6.08 Å². The third-order valence-electron chi connectivity index (χ3n) is 1.82. The van der Waals surface area contributed by atoms with Gasteiger partial charge < -0.3 is 5.11 Å². The first-order chi connectivity index (χ1) is 5.69. The van der Waals surface area contributed by atoms with Gasteiger partial charge in [-0.15, -0.1) is 6.58 Å². The first-order valence-electron chi connectivity index (χ1n) is 4.04. The van der Waals surface area contributed by atoms with E-state index in [1.165, 1.54) is 13.8 Å². The maximum absolute atomic E-state index is 11.1. The Morgan fingerprint density at radius 1 is 1.62 bits per heavy atom. The molecule has 0 radical (unpaired) electrons. The molecule has 4 nitrogen and oxygen atoms in total. The van der Waals surface area contributed by atoms with Crippen LogP contribution in [0, 0.1) is 0 Å². The van der Waals surface area contributed by atoms with Crippen LogP contribution in [0.25, 0.3) is 0 Å². The summed E-state index contributed by atoms with van der Waals surface area (Å²) in [6, 6.07) is 0. The molecule has 13 heavy (non-hydrogen) atoms. The van der Waals surface area contributed by atoms with E-state index in [2.05, 4.69) is 6.58 Å². The van der Waals surface area contributed by atoms with Gasteiger partial charge >= 0.3 is 0 Å². The summed E-state index contributed by atoms with van der Waals surface area (Å²) in [6.45, 7) is 6.35. The first kappa shape index (κ1) is 12.6. The number of aliphatic hydroxyl groups is 1. The maximum atomic E-state index is 11.1. The zero-order valence-corrected chi connectivity index (χ0v) is 8.84. The SMILES string of the molecule is C=CCC[C@@H](C(C)(C)O)S(N)(=O)=O. The van der Waals surface area contributed by atoms with Crippen LogP contribution in [0.15, 0.2) is 12.7 Å². The van der Waals surface area contributed by atoms with Crippen LogP contribution >= 0.6 is 0 Å². The molecule has 0 aromatic heterocycles. The van der Waals surface area contributed by atoms with Crippen LogP contribution in [0.2, 0.25) is 0 Å². The standard InChI is InChI=1S/C8H17NO3S/c1-4-5-6-7(8(2,3)10)13(9,11)12/h4,7,10H,1,5-6H2,2-3H3,(H2,9,11,12)/t7-/m0/s1. The normalized spacial score (nSPS) is 15.4. The summed E-state index contributed by atoms with van der Waals surface area (Å²) >= 11 is 0. The van der Waals surface area contributed by atoms with Gasteiger partial charge in [-0.1, -0.05) is 6.08 Å². The second-order valence-corrected chi connectivity index (χ2v) is 5.34. The highest BCUT2D eigenvalue weighted by molar-refractivity contribution is 7.89. The lowest BCUT2D eigenvalue weighted by Gasteiger charge is -2.26. The van der Waals surface area contributed by atoms with Crippen molar-refractivity contribution in [1.82, 2.24) is 0 Å². The van der Waals surface area contributed by atoms with Crippen molar-refractivity contribution in [2.75, 3.05) is 0 Å². The van der Waals surface area contributed by atoms with Crippen molar-refractivity contribution < 1.29 is 13.5 Å². The summed E-state index contributed by atoms with van der Waals surface area (Å²) in [5.74, 6) is 0. The molecule has 0 fully saturated rings. The molecule has 0 spiro atoms. The van der Waals surface area contributed by atoms with Gasteiger partial charge in [-0.05, 0) is 26.7 Å². The Hall–Kier alpha value is -0.390. The summed E-state index contributed by atoms with van der Waals surface area (Å²) in [6.07, 6.45) is 2.42. The zero-order chi connectivity index (χ0) is 10.7. The van der Waals surface area contributed by atoms with Gasteiger partial charge in [0.25, 0.3) is 0 Å². The molecule has 0 saturated heterocycles. The van der Waals surface area contributed by atoms with Crippen LogP contribution in [-0.2, 0) is 10.0 Å². The second-order valence-electron chi connectivity index (χ2n) is 3.60. The van der Waals surface area contributed by atoms with E-state index in [9.17, 15) is 13.5 Å². The molecule has 0 aliphatic rings. The lowest BCUT2D eigenvalue weighted by molar-refractivity contribution is 0.0726. The number of rotatable bonds is 5. The number of sulfonamides is 1. The highest BCUT2D eigenvalue weighted by atomic mass is 32.2. The van der Waals surface area contributed by atoms with E-state index in [-0.39, 0.29) is 0 Å². The van der Waals surface area contributed by atoms with Gasteiger partial charge in [0.05, 0.1) is 5.60 Å². The van der Waals surface area contributed by atoms with Gasteiger partial charge in [0.15, 0.2) is 0 Å². The molecule has 78 valence electrons. The van der Waals surface area contributed by atoms with Crippen molar-refractivity contribution in [3.8, 4) is 0 Å². The molecule has 0 saturated carbocycles. The minimum atomic E-state index is -3.69. The van der Waals surface area contributed by atoms with Gasteiger partial charge in [-0.3, -0.25) is 0 Å². The number of nitrogens with two attached hydrogens (primary N) is 1. The fourth-order valence-electron chi connectivity index (χ4n) is 1.19. The topological polar surface area (TPSA) is 80.4 Å². The molecule has 0 bridgehead atoms. The minimum Gasteiger partial charge on any atom is -0.389 e. The highest BCUT2D eigenvalue weighted by Crippen LogP contribution is 2.19. The van der Waals surface area contributed by atoms with Crippen molar-refractivity contribution in [3.63, 3.8) is 0 Å². The fraction of sp³-hybridized carbons (Fsp3) is 0.750. The summed E-state index contributed by atoms with van der Waals surface area (Å²) in [7, 11) is -3.69. The molecule has 1 atom stereocenters. The van der Waals surface area contributed by atoms with Crippen molar-refractivity contribution in [3.05, 3.63) is 12.7 Å². The van der Waals surface area contributed by atoms with Crippen molar-refractivity contribution >= 4 is 10.0 Å². The molecule has 0 aliphatic heterocycles. The first-order valence-corrected chi connectivity index (χ1v) is 5.65. The quantitative estimate of drug-likeness (QED) is 0.639. The van der Waals surface area contributed by atoms with Gasteiger partial charge in [-0.2, -0.15) is 0 Å². The third-order valence-corrected chi connectivity index (χ3v) is 3.42. The predicted molar refractivity (Wildman–Crippen MR) is 52.6 cm³/mol. The molecular weight excluding hydrogens is 190 g/mol. The molecule has 0 aliphatic carbocycles. The Morgan fingerprint density at radius 2 is 2.08 bits per heavy atom. The van der Waals surface area contributed by atoms with Gasteiger partial charge in [0.2, 0.25) is 10.0 Å². The highest BCUT2D eigenvalue weighted by Gasteiger charge is 2.34. The fourth-order valence-corrected chi connectivity index (χ4v) is 2.46. The van der Waals surface area contributed by atoms with E-state index in [0.29, 0.717) is 12.8 Å². The molecule has 0 aromatic rings. The minimum absolute atomic E-state index is 0.297. The Kier molecular flexibility index (Phi) is 4.09. The number of allylic oxidation sites excluding steroid dienone is 1. The molecule has 0 rings (SSSR count). The van der Waals surface area contributed by atoms with Crippen molar-refractivity contribution in [1.29, 1.82) is 0 Å². The summed E-state index contributed by atoms with van der Waals surface area (Å²) in [5.41, 5.74) is -1.31. The number of primary sulfonamides is 1. The second kappa shape index (κ2) is 4.21. The van der Waals surface area contributed by atoms with Gasteiger partial charge in [0, 0.05) is 0 Å². The molecule has 0 aromatic carbocycles. The zero-order valence-electron chi connectivity index (χ0n) is 8.03. The molecule has 5 heteroatoms. The van der Waals surface area contributed by atoms with E-state index >= 15 is 0 Å². The summed E-state index contributed by atoms with van der Waals surface area (Å²) < 4.78 is 22.1. The van der Waals surface area contributed by atoms with E-state index < -0.39 is 20.9 Å². The predicted octanol–water partition coefficient (Wildman–Crippen LogP) is 0.381. The van der Waals surface area contributed by atoms with Gasteiger partial charge in [0.1, 0.15) is 5.25 Å². The average molecular weight is 207 g/mol. The van der Waals surface area contributed by atoms with E-state index in [0.717, 1.165) is 0 Å². The Bertz CT molecular complexity index is 264. The Balaban J connectivity index is 4.68. The number of hydrogen-bond donors (Lipinski definition) is 2. The van der Waals surface area contributed by atoms with Crippen molar-refractivity contribution in [2.24, 2.45) is 5.14 Å². The van der Waals surface area contributed by atoms with Crippen LogP contribution in [-0.4, -0.2) is 24.4 Å². The Labute approximate surface area is 79.5 Å². The third kappa shape index (κ3) is 4.40. The molecule has 3 N–H and O–H groups in total. The Morgan fingerprint density at radius 3 is 2.31 bits per heavy atom. The van der Waals surface area contributed by atoms with E-state index in [4.69, 9.17) is 5.14 Å². The van der Waals surface area contributed by atoms with Crippen LogP contribution in [0.1, 0.15) is 26.7 Å². The van der Waals surface area contributed by atoms with Crippen LogP contribution < -0.4 is 5.14 Å². The van der Waals surface area contributed by atoms with Crippen LogP contribution in [0.3, 0.4) is 0 Å². The van der Waals surface area contributed by atoms with Crippen molar-refractivity contribution in [2.45, 2.75) is 37.5 Å². The number of hydrogen-bond acceptors (Lipinski definition) is 3. The van der Waals surface area contributed by atoms with Crippen LogP contribution in [0.5, 0.6) is 0 Å². The summed E-state index contributed by atoms with van der Waals surface area (Å²) in [5, 5.41) is 13.6. The largest absolute Gasteiger partial charge is 0.389 e. The molecule has 0 heterocycles. The smallest absolute Gasteiger partial charge is 0.214 e. The van der Waals surface area contributed by atoms with E-state index in [1.807, 2.05) is 0 Å². The maximum Gasteiger partial charge on any atom is 0.214 e. The van der Waals surface area contributed by atoms with Gasteiger partial charge in [-0.25, -0.2) is 13.6 Å².